The number of aromatic nitrogens is 1. The number of nitrogens with zero attached hydrogens (tertiary/aromatic N) is 2. The molecule has 5 heteroatoms. The maximum Gasteiger partial charge on any atom is 0.254 e. The molecular formula is C15H23N3O2. The molecule has 2 rings (SSSR count). The molecule has 1 aromatic heterocycles. The van der Waals surface area contributed by atoms with Gasteiger partial charge in [0.1, 0.15) is 5.82 Å². The molecule has 0 spiro atoms. The van der Waals surface area contributed by atoms with Crippen LogP contribution in [-0.2, 0) is 6.42 Å². The summed E-state index contributed by atoms with van der Waals surface area (Å²) >= 11 is 0. The van der Waals surface area contributed by atoms with Gasteiger partial charge in [0.2, 0.25) is 0 Å². The SMILES string of the molecule is CCCc1cc(C(=O)N2CCCC2CO)cc(NC)n1. The van der Waals surface area contributed by atoms with Crippen molar-refractivity contribution in [1.82, 2.24) is 9.88 Å². The number of pyridine rings is 1. The van der Waals surface area contributed by atoms with E-state index in [1.807, 2.05) is 6.07 Å². The lowest BCUT2D eigenvalue weighted by atomic mass is 10.1. The van der Waals surface area contributed by atoms with E-state index < -0.39 is 0 Å². The van der Waals surface area contributed by atoms with Crippen LogP contribution in [-0.4, -0.2) is 47.1 Å². The van der Waals surface area contributed by atoms with Crippen LogP contribution in [0.25, 0.3) is 0 Å². The molecule has 1 amide bonds. The Morgan fingerprint density at radius 1 is 1.55 bits per heavy atom. The van der Waals surface area contributed by atoms with Gasteiger partial charge in [-0.05, 0) is 31.4 Å². The Bertz CT molecular complexity index is 476. The zero-order valence-corrected chi connectivity index (χ0v) is 12.2. The minimum Gasteiger partial charge on any atom is -0.394 e. The monoisotopic (exact) mass is 277 g/mol. The van der Waals surface area contributed by atoms with Gasteiger partial charge < -0.3 is 15.3 Å². The average molecular weight is 277 g/mol. The van der Waals surface area contributed by atoms with Crippen LogP contribution < -0.4 is 5.32 Å². The number of aliphatic hydroxyl groups excluding tert-OH is 1. The van der Waals surface area contributed by atoms with Gasteiger partial charge in [-0.3, -0.25) is 4.79 Å². The zero-order valence-electron chi connectivity index (χ0n) is 12.2. The molecular weight excluding hydrogens is 254 g/mol. The molecule has 1 atom stereocenters. The first-order chi connectivity index (χ1) is 9.69. The predicted molar refractivity (Wildman–Crippen MR) is 78.9 cm³/mol. The Labute approximate surface area is 120 Å². The van der Waals surface area contributed by atoms with Gasteiger partial charge in [-0.2, -0.15) is 0 Å². The van der Waals surface area contributed by atoms with Crippen LogP contribution in [0.4, 0.5) is 5.82 Å². The number of carbonyl (C=O) groups excluding carboxylic acids is 1. The summed E-state index contributed by atoms with van der Waals surface area (Å²) in [7, 11) is 1.80. The van der Waals surface area contributed by atoms with Crippen molar-refractivity contribution in [2.24, 2.45) is 0 Å². The molecule has 0 saturated carbocycles. The van der Waals surface area contributed by atoms with E-state index in [0.717, 1.165) is 43.7 Å². The van der Waals surface area contributed by atoms with E-state index in [0.29, 0.717) is 5.56 Å². The van der Waals surface area contributed by atoms with Gasteiger partial charge in [0.15, 0.2) is 0 Å². The number of aryl methyl sites for hydroxylation is 1. The minimum absolute atomic E-state index is 0.00203. The Balaban J connectivity index is 2.26. The highest BCUT2D eigenvalue weighted by Crippen LogP contribution is 2.21. The van der Waals surface area contributed by atoms with Crippen molar-refractivity contribution in [2.45, 2.75) is 38.6 Å². The van der Waals surface area contributed by atoms with Crippen molar-refractivity contribution in [3.8, 4) is 0 Å². The molecule has 1 saturated heterocycles. The summed E-state index contributed by atoms with van der Waals surface area (Å²) in [5.74, 6) is 0.719. The van der Waals surface area contributed by atoms with Gasteiger partial charge >= 0.3 is 0 Å². The van der Waals surface area contributed by atoms with Gasteiger partial charge in [-0.25, -0.2) is 4.98 Å². The number of hydrogen-bond donors (Lipinski definition) is 2. The van der Waals surface area contributed by atoms with Gasteiger partial charge in [0.05, 0.1) is 12.6 Å². The molecule has 5 nitrogen and oxygen atoms in total. The van der Waals surface area contributed by atoms with E-state index >= 15 is 0 Å². The summed E-state index contributed by atoms with van der Waals surface area (Å²) in [5, 5.41) is 12.4. The lowest BCUT2D eigenvalue weighted by Crippen LogP contribution is -2.37. The third-order valence-corrected chi connectivity index (χ3v) is 3.74. The summed E-state index contributed by atoms with van der Waals surface area (Å²) in [5.41, 5.74) is 1.59. The second-order valence-electron chi connectivity index (χ2n) is 5.21. The maximum atomic E-state index is 12.6. The Morgan fingerprint density at radius 2 is 2.35 bits per heavy atom. The lowest BCUT2D eigenvalue weighted by molar-refractivity contribution is 0.0677. The molecule has 20 heavy (non-hydrogen) atoms. The van der Waals surface area contributed by atoms with Crippen molar-refractivity contribution >= 4 is 11.7 Å². The largest absolute Gasteiger partial charge is 0.394 e. The summed E-state index contributed by atoms with van der Waals surface area (Å²) < 4.78 is 0. The number of rotatable bonds is 5. The Morgan fingerprint density at radius 3 is 3.00 bits per heavy atom. The third kappa shape index (κ3) is 3.10. The standard InChI is InChI=1S/C15H23N3O2/c1-3-5-12-8-11(9-14(16-2)17-12)15(20)18-7-4-6-13(18)10-19/h8-9,13,19H,3-7,10H2,1-2H3,(H,16,17). The Hall–Kier alpha value is -1.62. The lowest BCUT2D eigenvalue weighted by Gasteiger charge is -2.23. The molecule has 110 valence electrons. The van der Waals surface area contributed by atoms with E-state index in [2.05, 4.69) is 17.2 Å². The summed E-state index contributed by atoms with van der Waals surface area (Å²) in [6.45, 7) is 2.86. The highest BCUT2D eigenvalue weighted by molar-refractivity contribution is 5.95. The number of aliphatic hydroxyl groups is 1. The molecule has 1 fully saturated rings. The van der Waals surface area contributed by atoms with Crippen molar-refractivity contribution < 1.29 is 9.90 Å². The minimum atomic E-state index is -0.0386. The maximum absolute atomic E-state index is 12.6. The molecule has 0 aromatic carbocycles. The van der Waals surface area contributed by atoms with Crippen LogP contribution in [0.5, 0.6) is 0 Å². The quantitative estimate of drug-likeness (QED) is 0.859. The normalized spacial score (nSPS) is 18.4. The van der Waals surface area contributed by atoms with Crippen molar-refractivity contribution in [3.63, 3.8) is 0 Å². The molecule has 0 radical (unpaired) electrons. The Kier molecular flexibility index (Phi) is 4.95. The van der Waals surface area contributed by atoms with E-state index in [4.69, 9.17) is 0 Å². The molecule has 1 unspecified atom stereocenters. The average Bonchev–Trinajstić information content (AvgIpc) is 2.94. The van der Waals surface area contributed by atoms with E-state index in [-0.39, 0.29) is 18.6 Å². The number of anilines is 1. The van der Waals surface area contributed by atoms with Gasteiger partial charge in [-0.1, -0.05) is 13.3 Å². The third-order valence-electron chi connectivity index (χ3n) is 3.74. The first-order valence-electron chi connectivity index (χ1n) is 7.30. The number of carbonyl (C=O) groups is 1. The first-order valence-corrected chi connectivity index (χ1v) is 7.30. The molecule has 2 heterocycles. The smallest absolute Gasteiger partial charge is 0.254 e. The molecule has 1 aromatic rings. The second-order valence-corrected chi connectivity index (χ2v) is 5.21. The molecule has 2 N–H and O–H groups in total. The van der Waals surface area contributed by atoms with Gasteiger partial charge in [-0.15, -0.1) is 0 Å². The van der Waals surface area contributed by atoms with Crippen LogP contribution in [0.3, 0.4) is 0 Å². The molecule has 0 aliphatic carbocycles. The number of amides is 1. The van der Waals surface area contributed by atoms with Crippen LogP contribution in [0.1, 0.15) is 42.2 Å². The van der Waals surface area contributed by atoms with Crippen LogP contribution in [0, 0.1) is 0 Å². The van der Waals surface area contributed by atoms with Gasteiger partial charge in [0.25, 0.3) is 5.91 Å². The first kappa shape index (κ1) is 14.8. The fourth-order valence-corrected chi connectivity index (χ4v) is 2.68. The van der Waals surface area contributed by atoms with Crippen molar-refractivity contribution in [1.29, 1.82) is 0 Å². The van der Waals surface area contributed by atoms with Crippen LogP contribution >= 0.6 is 0 Å². The fourth-order valence-electron chi connectivity index (χ4n) is 2.68. The van der Waals surface area contributed by atoms with E-state index in [1.54, 1.807) is 18.0 Å². The van der Waals surface area contributed by atoms with Gasteiger partial charge in [0, 0.05) is 24.8 Å². The highest BCUT2D eigenvalue weighted by Gasteiger charge is 2.29. The summed E-state index contributed by atoms with van der Waals surface area (Å²) in [6.07, 6.45) is 3.70. The summed E-state index contributed by atoms with van der Waals surface area (Å²) in [4.78, 5) is 18.8. The summed E-state index contributed by atoms with van der Waals surface area (Å²) in [6, 6.07) is 3.62. The van der Waals surface area contributed by atoms with Crippen molar-refractivity contribution in [3.05, 3.63) is 23.4 Å². The zero-order chi connectivity index (χ0) is 14.5. The number of likely N-dealkylation sites (tertiary alicyclic amines) is 1. The van der Waals surface area contributed by atoms with E-state index in [9.17, 15) is 9.90 Å². The molecule has 1 aliphatic rings. The molecule has 0 bridgehead atoms. The van der Waals surface area contributed by atoms with Crippen molar-refractivity contribution in [2.75, 3.05) is 25.5 Å². The number of hydrogen-bond acceptors (Lipinski definition) is 4. The van der Waals surface area contributed by atoms with Crippen LogP contribution in [0.2, 0.25) is 0 Å². The fraction of sp³-hybridized carbons (Fsp3) is 0.600. The topological polar surface area (TPSA) is 65.5 Å². The number of nitrogens with one attached hydrogen (secondary N) is 1. The van der Waals surface area contributed by atoms with Crippen LogP contribution in [0.15, 0.2) is 12.1 Å². The highest BCUT2D eigenvalue weighted by atomic mass is 16.3. The predicted octanol–water partition coefficient (Wildman–Crippen LogP) is 1.67. The second kappa shape index (κ2) is 6.70. The molecule has 1 aliphatic heterocycles. The van der Waals surface area contributed by atoms with E-state index in [1.165, 1.54) is 0 Å².